The number of urea groups is 1. The SMILES string of the molecule is CC[C@@]1(C)NC(=O)N(N=Cc2c(F)c(F)c(F)c(F)c2F)C1=O. The Morgan fingerprint density at radius 1 is 1.04 bits per heavy atom. The maximum atomic E-state index is 13.5. The van der Waals surface area contributed by atoms with E-state index in [4.69, 9.17) is 0 Å². The zero-order valence-corrected chi connectivity index (χ0v) is 11.9. The van der Waals surface area contributed by atoms with Crippen LogP contribution in [0.3, 0.4) is 0 Å². The van der Waals surface area contributed by atoms with E-state index in [1.54, 1.807) is 6.92 Å². The molecular formula is C13H10F5N3O2. The van der Waals surface area contributed by atoms with E-state index in [1.165, 1.54) is 6.92 Å². The van der Waals surface area contributed by atoms with E-state index in [-0.39, 0.29) is 17.6 Å². The van der Waals surface area contributed by atoms with Crippen LogP contribution in [-0.2, 0) is 4.79 Å². The van der Waals surface area contributed by atoms with Crippen LogP contribution >= 0.6 is 0 Å². The van der Waals surface area contributed by atoms with Crippen LogP contribution in [0.25, 0.3) is 0 Å². The maximum Gasteiger partial charge on any atom is 0.346 e. The van der Waals surface area contributed by atoms with E-state index in [9.17, 15) is 31.5 Å². The van der Waals surface area contributed by atoms with Crippen LogP contribution in [0, 0.1) is 29.1 Å². The molecule has 2 rings (SSSR count). The molecule has 1 saturated heterocycles. The van der Waals surface area contributed by atoms with E-state index in [2.05, 4.69) is 10.4 Å². The molecule has 5 nitrogen and oxygen atoms in total. The van der Waals surface area contributed by atoms with Crippen molar-refractivity contribution in [2.75, 3.05) is 0 Å². The second kappa shape index (κ2) is 5.60. The summed E-state index contributed by atoms with van der Waals surface area (Å²) in [5.74, 6) is -11.7. The van der Waals surface area contributed by atoms with Crippen LogP contribution in [0.5, 0.6) is 0 Å². The van der Waals surface area contributed by atoms with Gasteiger partial charge in [0.2, 0.25) is 5.82 Å². The van der Waals surface area contributed by atoms with Crippen molar-refractivity contribution in [1.82, 2.24) is 10.3 Å². The molecule has 1 aliphatic heterocycles. The van der Waals surface area contributed by atoms with Crippen molar-refractivity contribution in [3.63, 3.8) is 0 Å². The molecule has 3 amide bonds. The second-order valence-electron chi connectivity index (χ2n) is 4.96. The number of hydrogen-bond donors (Lipinski definition) is 1. The van der Waals surface area contributed by atoms with Crippen LogP contribution in [-0.4, -0.2) is 28.7 Å². The maximum absolute atomic E-state index is 13.5. The van der Waals surface area contributed by atoms with E-state index in [1.807, 2.05) is 0 Å². The second-order valence-corrected chi connectivity index (χ2v) is 4.96. The van der Waals surface area contributed by atoms with Crippen molar-refractivity contribution in [2.45, 2.75) is 25.8 Å². The zero-order valence-electron chi connectivity index (χ0n) is 11.9. The third kappa shape index (κ3) is 2.53. The number of halogens is 5. The Bertz CT molecular complexity index is 708. The normalized spacial score (nSPS) is 21.4. The topological polar surface area (TPSA) is 61.8 Å². The first-order valence-corrected chi connectivity index (χ1v) is 6.36. The standard InChI is InChI=1S/C13H10F5N3O2/c1-3-13(2)11(22)21(12(23)20-13)19-4-5-6(14)8(16)10(18)9(17)7(5)15/h4H,3H2,1-2H3,(H,20,23)/t13-/m1/s1. The highest BCUT2D eigenvalue weighted by Crippen LogP contribution is 2.23. The molecule has 1 atom stereocenters. The minimum absolute atomic E-state index is 0.214. The van der Waals surface area contributed by atoms with Crippen molar-refractivity contribution in [1.29, 1.82) is 0 Å². The number of carbonyl (C=O) groups excluding carboxylic acids is 2. The Kier molecular flexibility index (Phi) is 4.10. The summed E-state index contributed by atoms with van der Waals surface area (Å²) in [6.07, 6.45) is 0.446. The van der Waals surface area contributed by atoms with Crippen molar-refractivity contribution < 1.29 is 31.5 Å². The smallest absolute Gasteiger partial charge is 0.322 e. The summed E-state index contributed by atoms with van der Waals surface area (Å²) in [5.41, 5.74) is -2.61. The monoisotopic (exact) mass is 335 g/mol. The predicted molar refractivity (Wildman–Crippen MR) is 67.9 cm³/mol. The lowest BCUT2D eigenvalue weighted by Crippen LogP contribution is -2.42. The number of rotatable bonds is 3. The molecule has 0 bridgehead atoms. The van der Waals surface area contributed by atoms with Gasteiger partial charge in [-0.2, -0.15) is 5.10 Å². The number of hydrazone groups is 1. The van der Waals surface area contributed by atoms with Gasteiger partial charge < -0.3 is 5.32 Å². The molecule has 1 N–H and O–H groups in total. The average Bonchev–Trinajstić information content (AvgIpc) is 2.74. The molecule has 0 aromatic heterocycles. The Hall–Kier alpha value is -2.52. The molecular weight excluding hydrogens is 325 g/mol. The highest BCUT2D eigenvalue weighted by atomic mass is 19.2. The zero-order chi connectivity index (χ0) is 17.5. The van der Waals surface area contributed by atoms with Gasteiger partial charge >= 0.3 is 6.03 Å². The summed E-state index contributed by atoms with van der Waals surface area (Å²) in [4.78, 5) is 23.6. The van der Waals surface area contributed by atoms with Gasteiger partial charge in [0.15, 0.2) is 23.3 Å². The fourth-order valence-electron chi connectivity index (χ4n) is 1.86. The van der Waals surface area contributed by atoms with Crippen molar-refractivity contribution in [2.24, 2.45) is 5.10 Å². The van der Waals surface area contributed by atoms with Gasteiger partial charge in [-0.15, -0.1) is 5.01 Å². The first-order valence-electron chi connectivity index (χ1n) is 6.36. The number of imide groups is 1. The Labute approximate surface area is 126 Å². The molecule has 1 aliphatic rings. The van der Waals surface area contributed by atoms with Crippen molar-refractivity contribution in [3.05, 3.63) is 34.6 Å². The van der Waals surface area contributed by atoms with Gasteiger partial charge in [0, 0.05) is 0 Å². The lowest BCUT2D eigenvalue weighted by molar-refractivity contribution is -0.130. The van der Waals surface area contributed by atoms with E-state index in [0.29, 0.717) is 0 Å². The summed E-state index contributed by atoms with van der Waals surface area (Å²) in [7, 11) is 0. The molecule has 0 spiro atoms. The average molecular weight is 335 g/mol. The van der Waals surface area contributed by atoms with E-state index in [0.717, 1.165) is 0 Å². The minimum Gasteiger partial charge on any atom is -0.322 e. The van der Waals surface area contributed by atoms with Gasteiger partial charge in [0.25, 0.3) is 5.91 Å². The molecule has 0 radical (unpaired) electrons. The van der Waals surface area contributed by atoms with E-state index >= 15 is 0 Å². The highest BCUT2D eigenvalue weighted by Gasteiger charge is 2.47. The van der Waals surface area contributed by atoms with Crippen LogP contribution < -0.4 is 5.32 Å². The fourth-order valence-corrected chi connectivity index (χ4v) is 1.86. The third-order valence-electron chi connectivity index (χ3n) is 3.49. The predicted octanol–water partition coefficient (Wildman–Crippen LogP) is 2.44. The lowest BCUT2D eigenvalue weighted by Gasteiger charge is -2.17. The largest absolute Gasteiger partial charge is 0.346 e. The lowest BCUT2D eigenvalue weighted by atomic mass is 10.00. The summed E-state index contributed by atoms with van der Waals surface area (Å²) in [5, 5.41) is 5.81. The summed E-state index contributed by atoms with van der Waals surface area (Å²) >= 11 is 0. The summed E-state index contributed by atoms with van der Waals surface area (Å²) < 4.78 is 66.0. The van der Waals surface area contributed by atoms with Gasteiger partial charge in [0.05, 0.1) is 11.8 Å². The van der Waals surface area contributed by atoms with Gasteiger partial charge in [0.1, 0.15) is 5.54 Å². The minimum atomic E-state index is -2.31. The molecule has 0 aliphatic carbocycles. The third-order valence-corrected chi connectivity index (χ3v) is 3.49. The molecule has 10 heteroatoms. The number of carbonyl (C=O) groups is 2. The number of benzene rings is 1. The fraction of sp³-hybridized carbons (Fsp3) is 0.308. The van der Waals surface area contributed by atoms with Gasteiger partial charge in [-0.05, 0) is 13.3 Å². The van der Waals surface area contributed by atoms with Crippen LogP contribution in [0.2, 0.25) is 0 Å². The van der Waals surface area contributed by atoms with Crippen LogP contribution in [0.1, 0.15) is 25.8 Å². The van der Waals surface area contributed by atoms with Crippen LogP contribution in [0.4, 0.5) is 26.7 Å². The molecule has 1 aromatic rings. The summed E-state index contributed by atoms with van der Waals surface area (Å²) in [6.45, 7) is 3.01. The molecule has 23 heavy (non-hydrogen) atoms. The van der Waals surface area contributed by atoms with Crippen molar-refractivity contribution >= 4 is 18.2 Å². The van der Waals surface area contributed by atoms with Crippen molar-refractivity contribution in [3.8, 4) is 0 Å². The number of nitrogens with one attached hydrogen (secondary N) is 1. The van der Waals surface area contributed by atoms with Gasteiger partial charge in [-0.1, -0.05) is 6.92 Å². The highest BCUT2D eigenvalue weighted by molar-refractivity contribution is 6.07. The first kappa shape index (κ1) is 16.8. The molecule has 0 unspecified atom stereocenters. The Balaban J connectivity index is 2.43. The first-order chi connectivity index (χ1) is 10.6. The molecule has 1 fully saturated rings. The Morgan fingerprint density at radius 2 is 1.52 bits per heavy atom. The molecule has 1 heterocycles. The number of hydrogen-bond acceptors (Lipinski definition) is 3. The molecule has 0 saturated carbocycles. The van der Waals surface area contributed by atoms with E-state index < -0.39 is 52.1 Å². The summed E-state index contributed by atoms with van der Waals surface area (Å²) in [6, 6.07) is -0.973. The number of nitrogens with zero attached hydrogens (tertiary/aromatic N) is 2. The van der Waals surface area contributed by atoms with Gasteiger partial charge in [-0.25, -0.2) is 26.7 Å². The van der Waals surface area contributed by atoms with Gasteiger partial charge in [-0.3, -0.25) is 4.79 Å². The molecule has 124 valence electrons. The van der Waals surface area contributed by atoms with Crippen LogP contribution in [0.15, 0.2) is 5.10 Å². The Morgan fingerprint density at radius 3 is 1.96 bits per heavy atom. The quantitative estimate of drug-likeness (QED) is 0.303. The number of amides is 3. The molecule has 1 aromatic carbocycles.